The molecule has 0 N–H and O–H groups in total. The second-order valence-electron chi connectivity index (χ2n) is 6.55. The Hall–Kier alpha value is -1.90. The molecule has 1 fully saturated rings. The summed E-state index contributed by atoms with van der Waals surface area (Å²) in [5.74, 6) is -2.26. The Morgan fingerprint density at radius 2 is 1.73 bits per heavy atom. The van der Waals surface area contributed by atoms with Crippen LogP contribution in [-0.2, 0) is 9.84 Å². The Morgan fingerprint density at radius 1 is 1.08 bits per heavy atom. The predicted octanol–water partition coefficient (Wildman–Crippen LogP) is 4.54. The van der Waals surface area contributed by atoms with Crippen LogP contribution >= 0.6 is 0 Å². The number of hydrogen-bond acceptors (Lipinski definition) is 3. The smallest absolute Gasteiger partial charge is 0.234 e. The molecule has 1 aromatic heterocycles. The SMILES string of the molecule is CS(=O)(=O)c1cc(F)c(-n2nc(C(F)F)cc2C2CCCCC2)cc1F. The molecule has 4 nitrogen and oxygen atoms in total. The van der Waals surface area contributed by atoms with Gasteiger partial charge in [0.05, 0.1) is 0 Å². The summed E-state index contributed by atoms with van der Waals surface area (Å²) >= 11 is 0. The second-order valence-corrected chi connectivity index (χ2v) is 8.53. The summed E-state index contributed by atoms with van der Waals surface area (Å²) in [5, 5.41) is 3.76. The summed E-state index contributed by atoms with van der Waals surface area (Å²) in [4.78, 5) is -0.779. The lowest BCUT2D eigenvalue weighted by atomic mass is 9.86. The molecule has 0 radical (unpaired) electrons. The van der Waals surface area contributed by atoms with Crippen molar-refractivity contribution in [2.75, 3.05) is 6.26 Å². The molecule has 3 rings (SSSR count). The van der Waals surface area contributed by atoms with E-state index in [1.165, 1.54) is 6.07 Å². The average molecular weight is 390 g/mol. The lowest BCUT2D eigenvalue weighted by Crippen LogP contribution is -2.13. The number of halogens is 4. The van der Waals surface area contributed by atoms with E-state index < -0.39 is 38.5 Å². The Balaban J connectivity index is 2.15. The third-order valence-electron chi connectivity index (χ3n) is 4.63. The van der Waals surface area contributed by atoms with E-state index in [0.29, 0.717) is 17.8 Å². The third-order valence-corrected chi connectivity index (χ3v) is 5.74. The van der Waals surface area contributed by atoms with Gasteiger partial charge < -0.3 is 0 Å². The summed E-state index contributed by atoms with van der Waals surface area (Å²) in [6, 6.07) is 2.48. The van der Waals surface area contributed by atoms with Gasteiger partial charge in [-0.1, -0.05) is 19.3 Å². The van der Waals surface area contributed by atoms with Crippen LogP contribution in [0.15, 0.2) is 23.1 Å². The molecule has 26 heavy (non-hydrogen) atoms. The van der Waals surface area contributed by atoms with Gasteiger partial charge in [-0.25, -0.2) is 30.7 Å². The molecule has 2 aromatic rings. The summed E-state index contributed by atoms with van der Waals surface area (Å²) in [5.41, 5.74) is -0.495. The van der Waals surface area contributed by atoms with Crippen molar-refractivity contribution in [3.8, 4) is 5.69 Å². The molecule has 1 aromatic carbocycles. The molecular formula is C17H18F4N2O2S. The lowest BCUT2D eigenvalue weighted by molar-refractivity contribution is 0.145. The van der Waals surface area contributed by atoms with Crippen LogP contribution in [0.2, 0.25) is 0 Å². The first-order chi connectivity index (χ1) is 12.2. The van der Waals surface area contributed by atoms with E-state index in [1.54, 1.807) is 0 Å². The Labute approximate surface area is 148 Å². The van der Waals surface area contributed by atoms with Crippen molar-refractivity contribution in [1.29, 1.82) is 0 Å². The van der Waals surface area contributed by atoms with Crippen LogP contribution in [0.5, 0.6) is 0 Å². The minimum Gasteiger partial charge on any atom is -0.234 e. The first kappa shape index (κ1) is 18.9. The number of hydrogen-bond donors (Lipinski definition) is 0. The standard InChI is InChI=1S/C17H18F4N2O2S/c1-26(24,25)16-8-11(18)15(7-12(16)19)23-14(9-13(22-23)17(20)21)10-5-3-2-4-6-10/h7-10,17H,2-6H2,1H3. The molecular weight excluding hydrogens is 372 g/mol. The Morgan fingerprint density at radius 3 is 2.31 bits per heavy atom. The van der Waals surface area contributed by atoms with Crippen LogP contribution in [-0.4, -0.2) is 24.5 Å². The van der Waals surface area contributed by atoms with Gasteiger partial charge in [0.25, 0.3) is 6.43 Å². The number of aromatic nitrogens is 2. The molecule has 1 aliphatic rings. The fourth-order valence-corrected chi connectivity index (χ4v) is 4.10. The molecule has 1 heterocycles. The summed E-state index contributed by atoms with van der Waals surface area (Å²) in [6.07, 6.45) is 2.30. The zero-order chi connectivity index (χ0) is 19.1. The molecule has 142 valence electrons. The van der Waals surface area contributed by atoms with Crippen molar-refractivity contribution in [1.82, 2.24) is 9.78 Å². The highest BCUT2D eigenvalue weighted by Crippen LogP contribution is 2.36. The van der Waals surface area contributed by atoms with E-state index in [1.807, 2.05) is 0 Å². The van der Waals surface area contributed by atoms with E-state index in [0.717, 1.165) is 43.0 Å². The number of rotatable bonds is 4. The minimum atomic E-state index is -3.96. The second kappa shape index (κ2) is 7.02. The first-order valence-electron chi connectivity index (χ1n) is 8.26. The summed E-state index contributed by atoms with van der Waals surface area (Å²) in [6.45, 7) is 0. The largest absolute Gasteiger partial charge is 0.282 e. The number of nitrogens with zero attached hydrogens (tertiary/aromatic N) is 2. The van der Waals surface area contributed by atoms with Gasteiger partial charge in [0.15, 0.2) is 9.84 Å². The van der Waals surface area contributed by atoms with Crippen LogP contribution in [0.3, 0.4) is 0 Å². The number of sulfone groups is 1. The zero-order valence-electron chi connectivity index (χ0n) is 14.1. The van der Waals surface area contributed by atoms with Crippen LogP contribution in [0.4, 0.5) is 17.6 Å². The van der Waals surface area contributed by atoms with Crippen molar-refractivity contribution in [3.63, 3.8) is 0 Å². The molecule has 0 spiro atoms. The van der Waals surface area contributed by atoms with Gasteiger partial charge in [0.1, 0.15) is 27.9 Å². The van der Waals surface area contributed by atoms with Crippen LogP contribution in [0, 0.1) is 11.6 Å². The van der Waals surface area contributed by atoms with Crippen molar-refractivity contribution < 1.29 is 26.0 Å². The van der Waals surface area contributed by atoms with Gasteiger partial charge in [0, 0.05) is 23.9 Å². The number of alkyl halides is 2. The van der Waals surface area contributed by atoms with Crippen LogP contribution in [0.1, 0.15) is 55.8 Å². The molecule has 0 aliphatic heterocycles. The van der Waals surface area contributed by atoms with Gasteiger partial charge in [-0.05, 0) is 25.0 Å². The molecule has 1 saturated carbocycles. The maximum atomic E-state index is 14.5. The maximum absolute atomic E-state index is 14.5. The number of benzene rings is 1. The minimum absolute atomic E-state index is 0.0826. The van der Waals surface area contributed by atoms with Crippen molar-refractivity contribution >= 4 is 9.84 Å². The lowest BCUT2D eigenvalue weighted by Gasteiger charge is -2.22. The van der Waals surface area contributed by atoms with E-state index in [4.69, 9.17) is 0 Å². The summed E-state index contributed by atoms with van der Waals surface area (Å²) < 4.78 is 79.0. The normalized spacial score (nSPS) is 16.4. The predicted molar refractivity (Wildman–Crippen MR) is 87.4 cm³/mol. The zero-order valence-corrected chi connectivity index (χ0v) is 14.9. The quantitative estimate of drug-likeness (QED) is 0.721. The Bertz CT molecular complexity index is 919. The van der Waals surface area contributed by atoms with Crippen molar-refractivity contribution in [2.45, 2.75) is 49.3 Å². The monoisotopic (exact) mass is 390 g/mol. The third kappa shape index (κ3) is 3.62. The van der Waals surface area contributed by atoms with Crippen LogP contribution in [0.25, 0.3) is 5.69 Å². The highest BCUT2D eigenvalue weighted by Gasteiger charge is 2.27. The van der Waals surface area contributed by atoms with Gasteiger partial charge >= 0.3 is 0 Å². The van der Waals surface area contributed by atoms with Gasteiger partial charge in [0.2, 0.25) is 0 Å². The van der Waals surface area contributed by atoms with Crippen LogP contribution < -0.4 is 0 Å². The highest BCUT2D eigenvalue weighted by molar-refractivity contribution is 7.90. The first-order valence-corrected chi connectivity index (χ1v) is 10.1. The van der Waals surface area contributed by atoms with Gasteiger partial charge in [-0.3, -0.25) is 0 Å². The summed E-state index contributed by atoms with van der Waals surface area (Å²) in [7, 11) is -3.96. The van der Waals surface area contributed by atoms with E-state index >= 15 is 0 Å². The molecule has 1 aliphatic carbocycles. The maximum Gasteiger partial charge on any atom is 0.282 e. The molecule has 0 bridgehead atoms. The highest BCUT2D eigenvalue weighted by atomic mass is 32.2. The van der Waals surface area contributed by atoms with Gasteiger partial charge in [-0.15, -0.1) is 0 Å². The van der Waals surface area contributed by atoms with Crippen molar-refractivity contribution in [2.24, 2.45) is 0 Å². The average Bonchev–Trinajstić information content (AvgIpc) is 3.02. The van der Waals surface area contributed by atoms with E-state index in [2.05, 4.69) is 5.10 Å². The Kier molecular flexibility index (Phi) is 5.09. The van der Waals surface area contributed by atoms with Gasteiger partial charge in [-0.2, -0.15) is 5.10 Å². The molecule has 0 unspecified atom stereocenters. The fraction of sp³-hybridized carbons (Fsp3) is 0.471. The molecule has 0 atom stereocenters. The fourth-order valence-electron chi connectivity index (χ4n) is 3.37. The molecule has 9 heteroatoms. The molecule has 0 amide bonds. The van der Waals surface area contributed by atoms with E-state index in [-0.39, 0.29) is 11.6 Å². The topological polar surface area (TPSA) is 52.0 Å². The van der Waals surface area contributed by atoms with E-state index in [9.17, 15) is 26.0 Å². The van der Waals surface area contributed by atoms with Crippen molar-refractivity contribution in [3.05, 3.63) is 41.2 Å². The molecule has 0 saturated heterocycles.